The number of aliphatic carboxylic acids is 1. The molecule has 1 fully saturated rings. The van der Waals surface area contributed by atoms with Crippen LogP contribution in [0.2, 0.25) is 5.02 Å². The lowest BCUT2D eigenvalue weighted by atomic mass is 10.3. The predicted molar refractivity (Wildman–Crippen MR) is 72.5 cm³/mol. The van der Waals surface area contributed by atoms with Crippen molar-refractivity contribution in [3.63, 3.8) is 0 Å². The Hall–Kier alpha value is -1.40. The van der Waals surface area contributed by atoms with Gasteiger partial charge in [-0.3, -0.25) is 4.79 Å². The number of thioether (sulfide) groups is 1. The van der Waals surface area contributed by atoms with Crippen LogP contribution in [0.4, 0.5) is 0 Å². The Bertz CT molecular complexity index is 496. The van der Waals surface area contributed by atoms with Gasteiger partial charge in [0.05, 0.1) is 5.88 Å². The highest BCUT2D eigenvalue weighted by molar-refractivity contribution is 7.99. The number of ether oxygens (including phenoxy) is 1. The molecular formula is C12H12ClNO4S. The molecule has 7 heteroatoms. The molecule has 0 aliphatic carbocycles. The Kier molecular flexibility index (Phi) is 4.55. The van der Waals surface area contributed by atoms with Gasteiger partial charge in [-0.05, 0) is 18.2 Å². The summed E-state index contributed by atoms with van der Waals surface area (Å²) in [6, 6.07) is 5.94. The third-order valence-electron chi connectivity index (χ3n) is 2.65. The molecule has 5 nitrogen and oxygen atoms in total. The number of hydrogen-bond acceptors (Lipinski definition) is 4. The minimum absolute atomic E-state index is 0.190. The first kappa shape index (κ1) is 14.0. The zero-order chi connectivity index (χ0) is 13.8. The molecule has 1 aliphatic heterocycles. The molecule has 0 saturated carbocycles. The quantitative estimate of drug-likeness (QED) is 0.917. The van der Waals surface area contributed by atoms with Gasteiger partial charge >= 0.3 is 5.97 Å². The number of hydrogen-bond donors (Lipinski definition) is 1. The van der Waals surface area contributed by atoms with Crippen LogP contribution in [0.25, 0.3) is 0 Å². The van der Waals surface area contributed by atoms with Crippen molar-refractivity contribution < 1.29 is 19.4 Å². The maximum Gasteiger partial charge on any atom is 0.327 e. The topological polar surface area (TPSA) is 66.8 Å². The standard InChI is InChI=1S/C12H12ClNO4S/c13-8-2-1-3-9(4-8)18-5-11(15)14-7-19-6-10(14)12(16)17/h1-4,10H,5-7H2,(H,16,17)/t10-/m0/s1. The van der Waals surface area contributed by atoms with E-state index in [9.17, 15) is 9.59 Å². The zero-order valence-corrected chi connectivity index (χ0v) is 11.5. The Morgan fingerprint density at radius 1 is 1.53 bits per heavy atom. The molecule has 102 valence electrons. The molecule has 0 unspecified atom stereocenters. The van der Waals surface area contributed by atoms with Crippen LogP contribution in [0.3, 0.4) is 0 Å². The van der Waals surface area contributed by atoms with Crippen molar-refractivity contribution in [1.29, 1.82) is 0 Å². The monoisotopic (exact) mass is 301 g/mol. The van der Waals surface area contributed by atoms with Crippen LogP contribution in [0.1, 0.15) is 0 Å². The fraction of sp³-hybridized carbons (Fsp3) is 0.333. The number of amides is 1. The lowest BCUT2D eigenvalue weighted by Crippen LogP contribution is -2.43. The summed E-state index contributed by atoms with van der Waals surface area (Å²) in [6.07, 6.45) is 0. The van der Waals surface area contributed by atoms with Crippen molar-refractivity contribution >= 4 is 35.2 Å². The number of halogens is 1. The smallest absolute Gasteiger partial charge is 0.327 e. The molecule has 1 aliphatic rings. The van der Waals surface area contributed by atoms with Crippen molar-refractivity contribution in [2.45, 2.75) is 6.04 Å². The average Bonchev–Trinajstić information content (AvgIpc) is 2.85. The first-order valence-corrected chi connectivity index (χ1v) is 7.09. The number of carboxylic acid groups (broad SMARTS) is 1. The van der Waals surface area contributed by atoms with Gasteiger partial charge in [-0.1, -0.05) is 17.7 Å². The van der Waals surface area contributed by atoms with Gasteiger partial charge in [-0.15, -0.1) is 11.8 Å². The van der Waals surface area contributed by atoms with Crippen LogP contribution in [0, 0.1) is 0 Å². The number of nitrogens with zero attached hydrogens (tertiary/aromatic N) is 1. The van der Waals surface area contributed by atoms with Crippen LogP contribution >= 0.6 is 23.4 Å². The first-order chi connectivity index (χ1) is 9.08. The van der Waals surface area contributed by atoms with Crippen LogP contribution in [0.15, 0.2) is 24.3 Å². The summed E-state index contributed by atoms with van der Waals surface area (Å²) in [5.41, 5.74) is 0. The van der Waals surface area contributed by atoms with Gasteiger partial charge in [0, 0.05) is 10.8 Å². The lowest BCUT2D eigenvalue weighted by molar-refractivity contribution is -0.148. The van der Waals surface area contributed by atoms with Crippen molar-refractivity contribution in [3.05, 3.63) is 29.3 Å². The molecule has 1 aromatic rings. The SMILES string of the molecule is O=C(O)[C@@H]1CSCN1C(=O)COc1cccc(Cl)c1. The van der Waals surface area contributed by atoms with E-state index in [0.717, 1.165) is 0 Å². The summed E-state index contributed by atoms with van der Waals surface area (Å²) in [4.78, 5) is 24.2. The maximum absolute atomic E-state index is 11.9. The van der Waals surface area contributed by atoms with E-state index in [1.165, 1.54) is 16.7 Å². The number of benzene rings is 1. The average molecular weight is 302 g/mol. The highest BCUT2D eigenvalue weighted by Crippen LogP contribution is 2.22. The van der Waals surface area contributed by atoms with Crippen LogP contribution < -0.4 is 4.74 Å². The molecule has 1 N–H and O–H groups in total. The van der Waals surface area contributed by atoms with E-state index in [2.05, 4.69) is 0 Å². The molecule has 1 atom stereocenters. The fourth-order valence-corrected chi connectivity index (χ4v) is 3.03. The van der Waals surface area contributed by atoms with Gasteiger partial charge in [0.15, 0.2) is 6.61 Å². The van der Waals surface area contributed by atoms with E-state index in [0.29, 0.717) is 22.4 Å². The lowest BCUT2D eigenvalue weighted by Gasteiger charge is -2.20. The minimum atomic E-state index is -0.985. The number of carboxylic acids is 1. The summed E-state index contributed by atoms with van der Waals surface area (Å²) in [5, 5.41) is 9.51. The predicted octanol–water partition coefficient (Wildman–Crippen LogP) is 1.70. The van der Waals surface area contributed by atoms with Gasteiger partial charge in [-0.25, -0.2) is 4.79 Å². The molecule has 1 amide bonds. The summed E-state index contributed by atoms with van der Waals surface area (Å²) >= 11 is 7.21. The van der Waals surface area contributed by atoms with E-state index in [-0.39, 0.29) is 12.5 Å². The number of carbonyl (C=O) groups is 2. The second kappa shape index (κ2) is 6.16. The summed E-state index contributed by atoms with van der Waals surface area (Å²) in [5.74, 6) is -0.0366. The Balaban J connectivity index is 1.92. The molecular weight excluding hydrogens is 290 g/mol. The van der Waals surface area contributed by atoms with E-state index >= 15 is 0 Å². The van der Waals surface area contributed by atoms with Crippen molar-refractivity contribution in [2.75, 3.05) is 18.2 Å². The molecule has 0 radical (unpaired) electrons. The van der Waals surface area contributed by atoms with Crippen LogP contribution in [0.5, 0.6) is 5.75 Å². The summed E-state index contributed by atoms with van der Waals surface area (Å²) in [6.45, 7) is -0.190. The van der Waals surface area contributed by atoms with Gasteiger partial charge in [0.25, 0.3) is 5.91 Å². The maximum atomic E-state index is 11.9. The molecule has 0 aromatic heterocycles. The van der Waals surface area contributed by atoms with Gasteiger partial charge in [0.2, 0.25) is 0 Å². The summed E-state index contributed by atoms with van der Waals surface area (Å²) in [7, 11) is 0. The van der Waals surface area contributed by atoms with E-state index < -0.39 is 12.0 Å². The largest absolute Gasteiger partial charge is 0.484 e. The summed E-state index contributed by atoms with van der Waals surface area (Å²) < 4.78 is 5.31. The van der Waals surface area contributed by atoms with Crippen molar-refractivity contribution in [3.8, 4) is 5.75 Å². The molecule has 2 rings (SSSR count). The van der Waals surface area contributed by atoms with Gasteiger partial charge in [0.1, 0.15) is 11.8 Å². The highest BCUT2D eigenvalue weighted by Gasteiger charge is 2.34. The molecule has 1 saturated heterocycles. The third-order valence-corrected chi connectivity index (χ3v) is 3.89. The fourth-order valence-electron chi connectivity index (χ4n) is 1.68. The Morgan fingerprint density at radius 3 is 3.00 bits per heavy atom. The van der Waals surface area contributed by atoms with Crippen molar-refractivity contribution in [2.24, 2.45) is 0 Å². The Morgan fingerprint density at radius 2 is 2.32 bits per heavy atom. The molecule has 1 aromatic carbocycles. The number of carbonyl (C=O) groups excluding carboxylic acids is 1. The van der Waals surface area contributed by atoms with Crippen molar-refractivity contribution in [1.82, 2.24) is 4.90 Å². The van der Waals surface area contributed by atoms with Gasteiger partial charge in [-0.2, -0.15) is 0 Å². The zero-order valence-electron chi connectivity index (χ0n) is 9.91. The van der Waals surface area contributed by atoms with Crippen LogP contribution in [-0.2, 0) is 9.59 Å². The van der Waals surface area contributed by atoms with Crippen LogP contribution in [-0.4, -0.2) is 46.2 Å². The molecule has 1 heterocycles. The van der Waals surface area contributed by atoms with E-state index in [1.54, 1.807) is 24.3 Å². The minimum Gasteiger partial charge on any atom is -0.484 e. The Labute approximate surface area is 119 Å². The van der Waals surface area contributed by atoms with Gasteiger partial charge < -0.3 is 14.7 Å². The highest BCUT2D eigenvalue weighted by atomic mass is 35.5. The van der Waals surface area contributed by atoms with E-state index in [1.807, 2.05) is 0 Å². The number of rotatable bonds is 4. The normalized spacial score (nSPS) is 18.4. The second-order valence-electron chi connectivity index (χ2n) is 3.96. The molecule has 0 spiro atoms. The third kappa shape index (κ3) is 3.54. The second-order valence-corrected chi connectivity index (χ2v) is 5.40. The molecule has 0 bridgehead atoms. The first-order valence-electron chi connectivity index (χ1n) is 5.56. The molecule has 19 heavy (non-hydrogen) atoms. The van der Waals surface area contributed by atoms with E-state index in [4.69, 9.17) is 21.4 Å².